The fourth-order valence-corrected chi connectivity index (χ4v) is 2.81. The fraction of sp³-hybridized carbons (Fsp3) is 0.111. The van der Waals surface area contributed by atoms with E-state index in [9.17, 15) is 14.7 Å². The Kier molecular flexibility index (Phi) is 4.27. The molecule has 1 heterocycles. The van der Waals surface area contributed by atoms with Crippen LogP contribution in [0.25, 0.3) is 10.9 Å². The Hall–Kier alpha value is -2.79. The van der Waals surface area contributed by atoms with Gasteiger partial charge in [0.05, 0.1) is 19.2 Å². The average Bonchev–Trinajstić information content (AvgIpc) is 2.91. The third kappa shape index (κ3) is 2.98. The number of carbonyl (C=O) groups excluding carboxylic acids is 1. The van der Waals surface area contributed by atoms with E-state index in [1.165, 1.54) is 0 Å². The Morgan fingerprint density at radius 1 is 1.17 bits per heavy atom. The minimum Gasteiger partial charge on any atom is -0.497 e. The summed E-state index contributed by atoms with van der Waals surface area (Å²) in [5.41, 5.74) is 1.81. The van der Waals surface area contributed by atoms with Crippen molar-refractivity contribution >= 4 is 34.3 Å². The number of carboxylic acids is 1. The molecular formula is C18H14ClNO4. The summed E-state index contributed by atoms with van der Waals surface area (Å²) >= 11 is 6.01. The highest BCUT2D eigenvalue weighted by molar-refractivity contribution is 6.31. The van der Waals surface area contributed by atoms with Gasteiger partial charge in [0, 0.05) is 27.1 Å². The third-order valence-corrected chi connectivity index (χ3v) is 4.01. The topological polar surface area (TPSA) is 79.4 Å². The molecule has 0 amide bonds. The zero-order valence-electron chi connectivity index (χ0n) is 12.8. The van der Waals surface area contributed by atoms with E-state index in [1.54, 1.807) is 49.6 Å². The quantitative estimate of drug-likeness (QED) is 0.692. The van der Waals surface area contributed by atoms with Gasteiger partial charge in [-0.15, -0.1) is 0 Å². The highest BCUT2D eigenvalue weighted by Gasteiger charge is 2.21. The van der Waals surface area contributed by atoms with Gasteiger partial charge in [0.2, 0.25) is 5.78 Å². The van der Waals surface area contributed by atoms with Gasteiger partial charge in [0.15, 0.2) is 0 Å². The number of aliphatic carboxylic acids is 1. The van der Waals surface area contributed by atoms with Crippen molar-refractivity contribution in [3.05, 3.63) is 64.3 Å². The SMILES string of the molecule is COc1ccc(C(=O)c2[nH]c3ccc(Cl)cc3c2CC(=O)O)cc1. The Labute approximate surface area is 142 Å². The lowest BCUT2D eigenvalue weighted by molar-refractivity contribution is -0.136. The normalized spacial score (nSPS) is 10.8. The van der Waals surface area contributed by atoms with Gasteiger partial charge in [-0.3, -0.25) is 9.59 Å². The van der Waals surface area contributed by atoms with Crippen molar-refractivity contribution in [2.75, 3.05) is 7.11 Å². The van der Waals surface area contributed by atoms with Crippen molar-refractivity contribution < 1.29 is 19.4 Å². The number of aromatic amines is 1. The van der Waals surface area contributed by atoms with Crippen LogP contribution >= 0.6 is 11.6 Å². The molecule has 0 spiro atoms. The predicted molar refractivity (Wildman–Crippen MR) is 91.1 cm³/mol. The first-order valence-electron chi connectivity index (χ1n) is 7.20. The van der Waals surface area contributed by atoms with E-state index in [4.69, 9.17) is 16.3 Å². The summed E-state index contributed by atoms with van der Waals surface area (Å²) in [5.74, 6) is -0.651. The highest BCUT2D eigenvalue weighted by atomic mass is 35.5. The second kappa shape index (κ2) is 6.37. The number of aromatic nitrogens is 1. The number of nitrogens with one attached hydrogen (secondary N) is 1. The lowest BCUT2D eigenvalue weighted by Crippen LogP contribution is -2.08. The molecule has 0 fully saturated rings. The summed E-state index contributed by atoms with van der Waals surface area (Å²) in [6.07, 6.45) is -0.266. The van der Waals surface area contributed by atoms with Gasteiger partial charge >= 0.3 is 5.97 Å². The fourth-order valence-electron chi connectivity index (χ4n) is 2.64. The number of carbonyl (C=O) groups is 2. The van der Waals surface area contributed by atoms with Gasteiger partial charge in [0.1, 0.15) is 5.75 Å². The largest absolute Gasteiger partial charge is 0.497 e. The van der Waals surface area contributed by atoms with Crippen LogP contribution in [0.5, 0.6) is 5.75 Å². The van der Waals surface area contributed by atoms with Crippen LogP contribution in [0, 0.1) is 0 Å². The number of ether oxygens (including phenoxy) is 1. The van der Waals surface area contributed by atoms with E-state index in [1.807, 2.05) is 0 Å². The summed E-state index contributed by atoms with van der Waals surface area (Å²) in [4.78, 5) is 27.0. The number of H-pyrrole nitrogens is 1. The van der Waals surface area contributed by atoms with Gasteiger partial charge in [0.25, 0.3) is 0 Å². The Morgan fingerprint density at radius 3 is 2.50 bits per heavy atom. The first kappa shape index (κ1) is 16.1. The number of rotatable bonds is 5. The van der Waals surface area contributed by atoms with Crippen LogP contribution in [0.4, 0.5) is 0 Å². The number of carboxylic acid groups (broad SMARTS) is 1. The van der Waals surface area contributed by atoms with Gasteiger partial charge in [-0.25, -0.2) is 0 Å². The smallest absolute Gasteiger partial charge is 0.307 e. The summed E-state index contributed by atoms with van der Waals surface area (Å²) in [6, 6.07) is 11.7. The van der Waals surface area contributed by atoms with E-state index in [0.29, 0.717) is 32.8 Å². The van der Waals surface area contributed by atoms with Crippen LogP contribution in [0.2, 0.25) is 5.02 Å². The number of methoxy groups -OCH3 is 1. The van der Waals surface area contributed by atoms with E-state index in [2.05, 4.69) is 4.98 Å². The molecule has 0 saturated carbocycles. The molecule has 2 N–H and O–H groups in total. The van der Waals surface area contributed by atoms with E-state index in [0.717, 1.165) is 0 Å². The van der Waals surface area contributed by atoms with Crippen LogP contribution in [0.3, 0.4) is 0 Å². The minimum absolute atomic E-state index is 0.264. The van der Waals surface area contributed by atoms with Gasteiger partial charge in [-0.1, -0.05) is 11.6 Å². The monoisotopic (exact) mass is 343 g/mol. The van der Waals surface area contributed by atoms with E-state index in [-0.39, 0.29) is 17.9 Å². The maximum atomic E-state index is 12.8. The molecule has 3 aromatic rings. The predicted octanol–water partition coefficient (Wildman–Crippen LogP) is 3.69. The average molecular weight is 344 g/mol. The van der Waals surface area contributed by atoms with Crippen molar-refractivity contribution in [3.63, 3.8) is 0 Å². The molecule has 1 aromatic heterocycles. The number of benzene rings is 2. The van der Waals surface area contributed by atoms with Crippen molar-refractivity contribution in [1.82, 2.24) is 4.98 Å². The minimum atomic E-state index is -1.01. The molecule has 0 bridgehead atoms. The molecule has 0 radical (unpaired) electrons. The van der Waals surface area contributed by atoms with Crippen LogP contribution < -0.4 is 4.74 Å². The molecule has 0 saturated heterocycles. The molecule has 2 aromatic carbocycles. The van der Waals surface area contributed by atoms with Crippen molar-refractivity contribution in [3.8, 4) is 5.75 Å². The molecule has 0 aliphatic rings. The van der Waals surface area contributed by atoms with Crippen molar-refractivity contribution in [2.45, 2.75) is 6.42 Å². The summed E-state index contributed by atoms with van der Waals surface area (Å²) in [5, 5.41) is 10.3. The summed E-state index contributed by atoms with van der Waals surface area (Å²) < 4.78 is 5.08. The van der Waals surface area contributed by atoms with E-state index < -0.39 is 5.97 Å². The molecule has 3 rings (SSSR count). The standard InChI is InChI=1S/C18H14ClNO4/c1-24-12-5-2-10(3-6-12)18(23)17-14(9-16(21)22)13-8-11(19)4-7-15(13)20-17/h2-8,20H,9H2,1H3,(H,21,22). The number of hydrogen-bond acceptors (Lipinski definition) is 3. The highest BCUT2D eigenvalue weighted by Crippen LogP contribution is 2.28. The Morgan fingerprint density at radius 2 is 1.88 bits per heavy atom. The maximum absolute atomic E-state index is 12.8. The Bertz CT molecular complexity index is 928. The molecule has 122 valence electrons. The zero-order chi connectivity index (χ0) is 17.3. The van der Waals surface area contributed by atoms with Crippen LogP contribution in [0.15, 0.2) is 42.5 Å². The van der Waals surface area contributed by atoms with Gasteiger partial charge in [-0.05, 0) is 42.5 Å². The number of halogens is 1. The molecule has 6 heteroatoms. The second-order valence-corrected chi connectivity index (χ2v) is 5.73. The van der Waals surface area contributed by atoms with Crippen molar-refractivity contribution in [2.24, 2.45) is 0 Å². The van der Waals surface area contributed by atoms with Gasteiger partial charge < -0.3 is 14.8 Å². The molecule has 0 atom stereocenters. The third-order valence-electron chi connectivity index (χ3n) is 3.78. The number of hydrogen-bond donors (Lipinski definition) is 2. The maximum Gasteiger partial charge on any atom is 0.307 e. The first-order valence-corrected chi connectivity index (χ1v) is 7.58. The molecule has 0 unspecified atom stereocenters. The number of ketones is 1. The molecular weight excluding hydrogens is 330 g/mol. The molecule has 24 heavy (non-hydrogen) atoms. The first-order chi connectivity index (χ1) is 11.5. The second-order valence-electron chi connectivity index (χ2n) is 5.30. The van der Waals surface area contributed by atoms with Crippen molar-refractivity contribution in [1.29, 1.82) is 0 Å². The zero-order valence-corrected chi connectivity index (χ0v) is 13.6. The molecule has 5 nitrogen and oxygen atoms in total. The lowest BCUT2D eigenvalue weighted by atomic mass is 10.0. The molecule has 0 aliphatic heterocycles. The molecule has 0 aliphatic carbocycles. The Balaban J connectivity index is 2.12. The summed E-state index contributed by atoms with van der Waals surface area (Å²) in [7, 11) is 1.54. The lowest BCUT2D eigenvalue weighted by Gasteiger charge is -2.04. The van der Waals surface area contributed by atoms with Crippen LogP contribution in [-0.2, 0) is 11.2 Å². The van der Waals surface area contributed by atoms with Crippen LogP contribution in [0.1, 0.15) is 21.6 Å². The number of fused-ring (bicyclic) bond motifs is 1. The van der Waals surface area contributed by atoms with Crippen LogP contribution in [-0.4, -0.2) is 29.0 Å². The summed E-state index contributed by atoms with van der Waals surface area (Å²) in [6.45, 7) is 0. The van der Waals surface area contributed by atoms with Gasteiger partial charge in [-0.2, -0.15) is 0 Å². The van der Waals surface area contributed by atoms with E-state index >= 15 is 0 Å².